The maximum atomic E-state index is 13.1. The van der Waals surface area contributed by atoms with E-state index in [-0.39, 0.29) is 5.78 Å². The molecule has 3 aromatic rings. The van der Waals surface area contributed by atoms with E-state index < -0.39 is 0 Å². The normalized spacial score (nSPS) is 17.2. The predicted molar refractivity (Wildman–Crippen MR) is 145 cm³/mol. The molecule has 2 heterocycles. The van der Waals surface area contributed by atoms with Gasteiger partial charge >= 0.3 is 0 Å². The van der Waals surface area contributed by atoms with Crippen molar-refractivity contribution in [1.29, 1.82) is 0 Å². The summed E-state index contributed by atoms with van der Waals surface area (Å²) in [7, 11) is 0. The van der Waals surface area contributed by atoms with Crippen LogP contribution in [0.2, 0.25) is 0 Å². The minimum atomic E-state index is 0.263. The first-order valence-electron chi connectivity index (χ1n) is 13.5. The zero-order valence-corrected chi connectivity index (χ0v) is 21.5. The van der Waals surface area contributed by atoms with Crippen LogP contribution in [0.5, 0.6) is 5.75 Å². The fourth-order valence-corrected chi connectivity index (χ4v) is 5.54. The van der Waals surface area contributed by atoms with Crippen molar-refractivity contribution >= 4 is 5.78 Å². The summed E-state index contributed by atoms with van der Waals surface area (Å²) < 4.78 is 6.01. The first-order valence-corrected chi connectivity index (χ1v) is 13.5. The molecule has 4 heteroatoms. The Labute approximate surface area is 215 Å². The highest BCUT2D eigenvalue weighted by Gasteiger charge is 2.22. The minimum Gasteiger partial charge on any atom is -0.492 e. The molecule has 0 N–H and O–H groups in total. The van der Waals surface area contributed by atoms with E-state index in [1.807, 2.05) is 12.1 Å². The number of ketones is 1. The van der Waals surface area contributed by atoms with Gasteiger partial charge in [-0.2, -0.15) is 0 Å². The number of fused-ring (bicyclic) bond motifs is 1. The van der Waals surface area contributed by atoms with E-state index in [4.69, 9.17) is 4.74 Å². The van der Waals surface area contributed by atoms with Gasteiger partial charge in [0.1, 0.15) is 12.4 Å². The molecule has 0 aliphatic carbocycles. The largest absolute Gasteiger partial charge is 0.492 e. The number of nitrogens with zero attached hydrogens (tertiary/aromatic N) is 2. The van der Waals surface area contributed by atoms with Gasteiger partial charge < -0.3 is 4.74 Å². The third-order valence-electron chi connectivity index (χ3n) is 7.83. The fraction of sp³-hybridized carbons (Fsp3) is 0.406. The van der Waals surface area contributed by atoms with Crippen molar-refractivity contribution < 1.29 is 9.53 Å². The Morgan fingerprint density at radius 2 is 1.67 bits per heavy atom. The highest BCUT2D eigenvalue weighted by Crippen LogP contribution is 2.28. The molecule has 0 bridgehead atoms. The SMILES string of the molecule is Cc1ccccc1CN1CCC(CCC(=O)c2ccc3c(c2)CN(Cc2ccccc2)CCO3)CC1. The average molecular weight is 483 g/mol. The zero-order valence-electron chi connectivity index (χ0n) is 21.5. The summed E-state index contributed by atoms with van der Waals surface area (Å²) >= 11 is 0. The van der Waals surface area contributed by atoms with Crippen LogP contribution in [0.3, 0.4) is 0 Å². The molecule has 0 aromatic heterocycles. The van der Waals surface area contributed by atoms with E-state index >= 15 is 0 Å². The Balaban J connectivity index is 1.12. The van der Waals surface area contributed by atoms with Crippen LogP contribution < -0.4 is 4.74 Å². The Hall–Kier alpha value is -2.95. The number of rotatable bonds is 8. The second-order valence-electron chi connectivity index (χ2n) is 10.5. The summed E-state index contributed by atoms with van der Waals surface area (Å²) in [5.41, 5.74) is 6.06. The summed E-state index contributed by atoms with van der Waals surface area (Å²) in [6.07, 6.45) is 4.00. The Morgan fingerprint density at radius 3 is 2.47 bits per heavy atom. The van der Waals surface area contributed by atoms with Gasteiger partial charge in [0.05, 0.1) is 0 Å². The molecule has 0 amide bonds. The molecule has 0 atom stereocenters. The lowest BCUT2D eigenvalue weighted by Gasteiger charge is -2.32. The van der Waals surface area contributed by atoms with Gasteiger partial charge in [-0.1, -0.05) is 54.6 Å². The summed E-state index contributed by atoms with van der Waals surface area (Å²) in [5.74, 6) is 1.83. The Bertz CT molecular complexity index is 1150. The smallest absolute Gasteiger partial charge is 0.162 e. The number of ether oxygens (including phenoxy) is 1. The van der Waals surface area contributed by atoms with Crippen LogP contribution in [0.4, 0.5) is 0 Å². The summed E-state index contributed by atoms with van der Waals surface area (Å²) in [5, 5.41) is 0. The van der Waals surface area contributed by atoms with Crippen molar-refractivity contribution in [3.05, 3.63) is 101 Å². The molecule has 4 nitrogen and oxygen atoms in total. The van der Waals surface area contributed by atoms with Gasteiger partial charge in [-0.05, 0) is 80.1 Å². The molecule has 2 aliphatic rings. The van der Waals surface area contributed by atoms with E-state index in [1.54, 1.807) is 0 Å². The highest BCUT2D eigenvalue weighted by atomic mass is 16.5. The van der Waals surface area contributed by atoms with E-state index in [1.165, 1.54) is 29.5 Å². The van der Waals surface area contributed by atoms with E-state index in [9.17, 15) is 4.79 Å². The summed E-state index contributed by atoms with van der Waals surface area (Å²) in [4.78, 5) is 18.1. The molecule has 5 rings (SSSR count). The molecular formula is C32H38N2O2. The first kappa shape index (κ1) is 24.7. The number of piperidine rings is 1. The molecule has 188 valence electrons. The molecular weight excluding hydrogens is 444 g/mol. The second-order valence-corrected chi connectivity index (χ2v) is 10.5. The molecule has 0 radical (unpaired) electrons. The molecule has 2 aliphatic heterocycles. The maximum Gasteiger partial charge on any atom is 0.162 e. The van der Waals surface area contributed by atoms with Gasteiger partial charge in [-0.3, -0.25) is 14.6 Å². The molecule has 0 unspecified atom stereocenters. The Morgan fingerprint density at radius 1 is 0.889 bits per heavy atom. The second kappa shape index (κ2) is 11.9. The van der Waals surface area contributed by atoms with Crippen molar-refractivity contribution in [3.63, 3.8) is 0 Å². The molecule has 1 fully saturated rings. The van der Waals surface area contributed by atoms with Crippen molar-refractivity contribution in [2.75, 3.05) is 26.2 Å². The standard InChI is InChI=1S/C32H38N2O2/c1-25-7-5-6-10-29(25)23-33-17-15-26(16-18-33)11-13-31(35)28-12-14-32-30(21-28)24-34(19-20-36-32)22-27-8-3-2-4-9-27/h2-10,12,14,21,26H,11,13,15-20,22-24H2,1H3. The van der Waals surface area contributed by atoms with Gasteiger partial charge in [0.15, 0.2) is 5.78 Å². The molecule has 3 aromatic carbocycles. The first-order chi connectivity index (χ1) is 17.6. The van der Waals surface area contributed by atoms with Crippen molar-refractivity contribution in [2.24, 2.45) is 5.92 Å². The lowest BCUT2D eigenvalue weighted by Crippen LogP contribution is -2.33. The molecule has 0 saturated carbocycles. The number of hydrogen-bond acceptors (Lipinski definition) is 4. The number of aryl methyl sites for hydroxylation is 1. The topological polar surface area (TPSA) is 32.8 Å². The van der Waals surface area contributed by atoms with Crippen LogP contribution in [0, 0.1) is 12.8 Å². The number of likely N-dealkylation sites (tertiary alicyclic amines) is 1. The van der Waals surface area contributed by atoms with Crippen LogP contribution in [-0.4, -0.2) is 41.8 Å². The minimum absolute atomic E-state index is 0.263. The van der Waals surface area contributed by atoms with Crippen molar-refractivity contribution in [3.8, 4) is 5.75 Å². The van der Waals surface area contributed by atoms with Crippen LogP contribution in [0.15, 0.2) is 72.8 Å². The molecule has 1 saturated heterocycles. The van der Waals surface area contributed by atoms with Gasteiger partial charge in [-0.15, -0.1) is 0 Å². The van der Waals surface area contributed by atoms with E-state index in [0.29, 0.717) is 18.9 Å². The third kappa shape index (κ3) is 6.43. The number of Topliss-reactive ketones (excluding diaryl/α,β-unsaturated/α-hetero) is 1. The molecule has 0 spiro atoms. The summed E-state index contributed by atoms with van der Waals surface area (Å²) in [6.45, 7) is 8.75. The van der Waals surface area contributed by atoms with Crippen LogP contribution in [-0.2, 0) is 19.6 Å². The predicted octanol–water partition coefficient (Wildman–Crippen LogP) is 6.26. The maximum absolute atomic E-state index is 13.1. The quantitative estimate of drug-likeness (QED) is 0.355. The average Bonchev–Trinajstić information content (AvgIpc) is 3.11. The lowest BCUT2D eigenvalue weighted by molar-refractivity contribution is 0.0961. The van der Waals surface area contributed by atoms with Crippen molar-refractivity contribution in [2.45, 2.75) is 52.2 Å². The number of carbonyl (C=O) groups is 1. The van der Waals surface area contributed by atoms with Crippen LogP contribution >= 0.6 is 0 Å². The van der Waals surface area contributed by atoms with Crippen LogP contribution in [0.1, 0.15) is 58.3 Å². The monoisotopic (exact) mass is 482 g/mol. The van der Waals surface area contributed by atoms with E-state index in [0.717, 1.165) is 62.6 Å². The van der Waals surface area contributed by atoms with Gasteiger partial charge in [0.2, 0.25) is 0 Å². The number of carbonyl (C=O) groups excluding carboxylic acids is 1. The highest BCUT2D eigenvalue weighted by molar-refractivity contribution is 5.96. The zero-order chi connectivity index (χ0) is 24.7. The van der Waals surface area contributed by atoms with Gasteiger partial charge in [-0.25, -0.2) is 0 Å². The third-order valence-corrected chi connectivity index (χ3v) is 7.83. The Kier molecular flexibility index (Phi) is 8.15. The fourth-order valence-electron chi connectivity index (χ4n) is 5.54. The molecule has 36 heavy (non-hydrogen) atoms. The number of benzene rings is 3. The van der Waals surface area contributed by atoms with Gasteiger partial charge in [0, 0.05) is 43.7 Å². The van der Waals surface area contributed by atoms with E-state index in [2.05, 4.69) is 77.4 Å². The van der Waals surface area contributed by atoms with Gasteiger partial charge in [0.25, 0.3) is 0 Å². The van der Waals surface area contributed by atoms with Crippen LogP contribution in [0.25, 0.3) is 0 Å². The summed E-state index contributed by atoms with van der Waals surface area (Å²) in [6, 6.07) is 25.3. The number of hydrogen-bond donors (Lipinski definition) is 0. The lowest BCUT2D eigenvalue weighted by atomic mass is 9.90. The van der Waals surface area contributed by atoms with Crippen molar-refractivity contribution in [1.82, 2.24) is 9.80 Å².